The molecule has 1 saturated heterocycles. The lowest BCUT2D eigenvalue weighted by Crippen LogP contribution is -2.28. The van der Waals surface area contributed by atoms with Crippen LogP contribution in [-0.4, -0.2) is 16.6 Å². The molecule has 0 radical (unpaired) electrons. The van der Waals surface area contributed by atoms with Crippen LogP contribution in [0.25, 0.3) is 10.9 Å². The number of amides is 1. The van der Waals surface area contributed by atoms with E-state index in [-0.39, 0.29) is 11.3 Å². The Morgan fingerprint density at radius 3 is 2.71 bits per heavy atom. The monoisotopic (exact) mass is 372 g/mol. The van der Waals surface area contributed by atoms with E-state index in [1.54, 1.807) is 28.8 Å². The molecule has 1 N–H and O–H groups in total. The highest BCUT2D eigenvalue weighted by Crippen LogP contribution is 2.42. The maximum Gasteiger partial charge on any atom is 0.238 e. The van der Waals surface area contributed by atoms with Gasteiger partial charge in [-0.2, -0.15) is 0 Å². The Hall–Kier alpha value is -1.82. The number of fused-ring (bicyclic) bond motifs is 1. The predicted octanol–water partition coefficient (Wildman–Crippen LogP) is 5.33. The van der Waals surface area contributed by atoms with Gasteiger partial charge in [-0.3, -0.25) is 9.69 Å². The first kappa shape index (κ1) is 15.7. The number of para-hydroxylation sites is 1. The number of rotatable bonds is 2. The van der Waals surface area contributed by atoms with Crippen molar-refractivity contribution in [3.8, 4) is 0 Å². The van der Waals surface area contributed by atoms with Gasteiger partial charge >= 0.3 is 0 Å². The summed E-state index contributed by atoms with van der Waals surface area (Å²) >= 11 is 13.1. The van der Waals surface area contributed by atoms with Gasteiger partial charge in [0, 0.05) is 21.8 Å². The van der Waals surface area contributed by atoms with Gasteiger partial charge in [-0.25, -0.2) is 0 Å². The molecule has 1 aromatic heterocycles. The lowest BCUT2D eigenvalue weighted by molar-refractivity contribution is -0.115. The minimum atomic E-state index is -0.132. The number of carbonyl (C=O) groups excluding carboxylic acids is 1. The van der Waals surface area contributed by atoms with E-state index >= 15 is 0 Å². The van der Waals surface area contributed by atoms with Crippen molar-refractivity contribution in [2.24, 2.45) is 0 Å². The number of pyridine rings is 1. The fourth-order valence-corrected chi connectivity index (χ4v) is 4.56. The highest BCUT2D eigenvalue weighted by atomic mass is 35.5. The van der Waals surface area contributed by atoms with Crippen molar-refractivity contribution in [1.29, 1.82) is 0 Å². The Bertz CT molecular complexity index is 984. The van der Waals surface area contributed by atoms with Crippen LogP contribution in [0, 0.1) is 4.64 Å². The molecule has 2 heterocycles. The number of hydrogen-bond acceptors (Lipinski definition) is 3. The zero-order valence-electron chi connectivity index (χ0n) is 12.5. The minimum Gasteiger partial charge on any atom is -0.346 e. The van der Waals surface area contributed by atoms with Crippen LogP contribution in [0.5, 0.6) is 0 Å². The second kappa shape index (κ2) is 6.24. The standard InChI is InChI=1S/C18H13ClN2OS2/c19-12-5-7-13(8-6-12)21-16(22)10-24-18(21)14-9-11-3-1-2-4-15(11)20-17(14)23/h1-9,18H,10H2,(H,20,23). The Morgan fingerprint density at radius 2 is 1.92 bits per heavy atom. The lowest BCUT2D eigenvalue weighted by Gasteiger charge is -2.24. The third kappa shape index (κ3) is 2.73. The average Bonchev–Trinajstić information content (AvgIpc) is 2.96. The molecule has 1 atom stereocenters. The topological polar surface area (TPSA) is 36.1 Å². The molecule has 0 bridgehead atoms. The number of benzene rings is 2. The largest absolute Gasteiger partial charge is 0.346 e. The summed E-state index contributed by atoms with van der Waals surface area (Å²) in [6, 6.07) is 17.4. The number of carbonyl (C=O) groups is 1. The summed E-state index contributed by atoms with van der Waals surface area (Å²) in [6.07, 6.45) is 0. The molecule has 0 spiro atoms. The number of nitrogens with one attached hydrogen (secondary N) is 1. The molecule has 1 fully saturated rings. The van der Waals surface area contributed by atoms with E-state index in [9.17, 15) is 4.79 Å². The van der Waals surface area contributed by atoms with E-state index in [1.807, 2.05) is 36.4 Å². The summed E-state index contributed by atoms with van der Waals surface area (Å²) in [5.41, 5.74) is 2.79. The van der Waals surface area contributed by atoms with E-state index in [0.717, 1.165) is 22.2 Å². The molecule has 2 aromatic carbocycles. The van der Waals surface area contributed by atoms with Crippen LogP contribution in [0.1, 0.15) is 10.9 Å². The van der Waals surface area contributed by atoms with Crippen molar-refractivity contribution in [2.45, 2.75) is 5.37 Å². The van der Waals surface area contributed by atoms with E-state index in [1.165, 1.54) is 0 Å². The van der Waals surface area contributed by atoms with Crippen LogP contribution in [0.2, 0.25) is 5.02 Å². The number of H-pyrrole nitrogens is 1. The van der Waals surface area contributed by atoms with E-state index in [2.05, 4.69) is 11.1 Å². The molecule has 1 unspecified atom stereocenters. The Kier molecular flexibility index (Phi) is 4.08. The van der Waals surface area contributed by atoms with Gasteiger partial charge in [0.15, 0.2) is 0 Å². The van der Waals surface area contributed by atoms with E-state index < -0.39 is 0 Å². The first-order valence-corrected chi connectivity index (χ1v) is 9.28. The van der Waals surface area contributed by atoms with Crippen LogP contribution in [0.15, 0.2) is 54.6 Å². The number of aromatic nitrogens is 1. The second-order valence-electron chi connectivity index (χ2n) is 5.54. The van der Waals surface area contributed by atoms with Crippen LogP contribution >= 0.6 is 35.6 Å². The van der Waals surface area contributed by atoms with Crippen molar-refractivity contribution >= 4 is 58.1 Å². The summed E-state index contributed by atoms with van der Waals surface area (Å²) in [5.74, 6) is 0.518. The number of anilines is 1. The van der Waals surface area contributed by atoms with Crippen molar-refractivity contribution in [3.05, 3.63) is 69.8 Å². The Balaban J connectivity index is 1.82. The Labute approximate surface area is 153 Å². The molecule has 24 heavy (non-hydrogen) atoms. The van der Waals surface area contributed by atoms with Crippen LogP contribution in [0.3, 0.4) is 0 Å². The third-order valence-electron chi connectivity index (χ3n) is 4.02. The van der Waals surface area contributed by atoms with E-state index in [4.69, 9.17) is 23.8 Å². The number of halogens is 1. The smallest absolute Gasteiger partial charge is 0.238 e. The van der Waals surface area contributed by atoms with Gasteiger partial charge < -0.3 is 4.98 Å². The number of nitrogens with zero attached hydrogens (tertiary/aromatic N) is 1. The van der Waals surface area contributed by atoms with Gasteiger partial charge in [0.2, 0.25) is 5.91 Å². The van der Waals surface area contributed by atoms with Gasteiger partial charge in [0.05, 0.1) is 5.75 Å². The molecular formula is C18H13ClN2OS2. The fraction of sp³-hybridized carbons (Fsp3) is 0.111. The first-order chi connectivity index (χ1) is 11.6. The Morgan fingerprint density at radius 1 is 1.17 bits per heavy atom. The number of thioether (sulfide) groups is 1. The van der Waals surface area contributed by atoms with Crippen LogP contribution in [0.4, 0.5) is 5.69 Å². The molecule has 3 aromatic rings. The zero-order chi connectivity index (χ0) is 16.7. The normalized spacial score (nSPS) is 17.6. The number of aromatic amines is 1. The SMILES string of the molecule is O=C1CSC(c2cc3ccccc3[nH]c2=S)N1c1ccc(Cl)cc1. The summed E-state index contributed by atoms with van der Waals surface area (Å²) in [7, 11) is 0. The van der Waals surface area contributed by atoms with Crippen molar-refractivity contribution in [2.75, 3.05) is 10.7 Å². The molecule has 0 saturated carbocycles. The van der Waals surface area contributed by atoms with Gasteiger partial charge in [-0.05, 0) is 41.8 Å². The molecule has 1 aliphatic rings. The van der Waals surface area contributed by atoms with Crippen molar-refractivity contribution in [3.63, 3.8) is 0 Å². The summed E-state index contributed by atoms with van der Waals surface area (Å²) in [6.45, 7) is 0. The van der Waals surface area contributed by atoms with Crippen molar-refractivity contribution < 1.29 is 4.79 Å². The quantitative estimate of drug-likeness (QED) is 0.617. The average molecular weight is 373 g/mol. The second-order valence-corrected chi connectivity index (χ2v) is 7.46. The fourth-order valence-electron chi connectivity index (χ4n) is 2.88. The maximum absolute atomic E-state index is 12.4. The molecule has 0 aliphatic carbocycles. The van der Waals surface area contributed by atoms with Crippen LogP contribution < -0.4 is 4.90 Å². The molecule has 6 heteroatoms. The highest BCUT2D eigenvalue weighted by molar-refractivity contribution is 8.00. The highest BCUT2D eigenvalue weighted by Gasteiger charge is 2.35. The van der Waals surface area contributed by atoms with Crippen molar-refractivity contribution in [1.82, 2.24) is 4.98 Å². The number of hydrogen-bond donors (Lipinski definition) is 1. The van der Waals surface area contributed by atoms with Gasteiger partial charge in [-0.15, -0.1) is 11.8 Å². The lowest BCUT2D eigenvalue weighted by atomic mass is 10.1. The van der Waals surface area contributed by atoms with Crippen LogP contribution in [-0.2, 0) is 4.79 Å². The molecule has 1 aliphatic heterocycles. The predicted molar refractivity (Wildman–Crippen MR) is 103 cm³/mol. The van der Waals surface area contributed by atoms with Gasteiger partial charge in [-0.1, -0.05) is 42.0 Å². The summed E-state index contributed by atoms with van der Waals surface area (Å²) in [4.78, 5) is 17.5. The molecule has 120 valence electrons. The molecule has 3 nitrogen and oxygen atoms in total. The minimum absolute atomic E-state index is 0.0786. The first-order valence-electron chi connectivity index (χ1n) is 7.45. The zero-order valence-corrected chi connectivity index (χ0v) is 14.9. The summed E-state index contributed by atoms with van der Waals surface area (Å²) in [5, 5.41) is 1.60. The maximum atomic E-state index is 12.4. The van der Waals surface area contributed by atoms with Gasteiger partial charge in [0.25, 0.3) is 0 Å². The summed E-state index contributed by atoms with van der Waals surface area (Å²) < 4.78 is 0.667. The van der Waals surface area contributed by atoms with Gasteiger partial charge in [0.1, 0.15) is 10.0 Å². The molecular weight excluding hydrogens is 360 g/mol. The molecule has 1 amide bonds. The molecule has 4 rings (SSSR count). The third-order valence-corrected chi connectivity index (χ3v) is 5.80. The van der Waals surface area contributed by atoms with E-state index in [0.29, 0.717) is 15.4 Å².